The summed E-state index contributed by atoms with van der Waals surface area (Å²) >= 11 is 0. The molecular formula is C17H18N2O2. The molecule has 108 valence electrons. The predicted octanol–water partition coefficient (Wildman–Crippen LogP) is 3.15. The number of rotatable bonds is 6. The number of nitrogens with two attached hydrogens (primary N) is 1. The molecule has 1 aromatic carbocycles. The molecule has 4 heteroatoms. The first kappa shape index (κ1) is 14.9. The van der Waals surface area contributed by atoms with E-state index in [4.69, 9.17) is 5.73 Å². The molecular weight excluding hydrogens is 264 g/mol. The Bertz CT molecular complexity index is 638. The number of anilines is 1. The number of ketones is 2. The van der Waals surface area contributed by atoms with Gasteiger partial charge in [-0.3, -0.25) is 14.6 Å². The fraction of sp³-hybridized carbons (Fsp3) is 0.235. The van der Waals surface area contributed by atoms with Crippen molar-refractivity contribution >= 4 is 17.3 Å². The van der Waals surface area contributed by atoms with Crippen molar-refractivity contribution in [1.82, 2.24) is 4.98 Å². The van der Waals surface area contributed by atoms with E-state index in [0.29, 0.717) is 17.7 Å². The predicted molar refractivity (Wildman–Crippen MR) is 82.2 cm³/mol. The number of nitrogens with zero attached hydrogens (tertiary/aromatic N) is 1. The van der Waals surface area contributed by atoms with E-state index in [2.05, 4.69) is 4.98 Å². The van der Waals surface area contributed by atoms with Crippen LogP contribution in [0.25, 0.3) is 0 Å². The molecule has 2 aromatic rings. The van der Waals surface area contributed by atoms with Gasteiger partial charge in [-0.05, 0) is 18.6 Å². The zero-order valence-electron chi connectivity index (χ0n) is 12.0. The topological polar surface area (TPSA) is 73.1 Å². The van der Waals surface area contributed by atoms with Crippen LogP contribution < -0.4 is 5.73 Å². The fourth-order valence-electron chi connectivity index (χ4n) is 2.23. The molecule has 0 fully saturated rings. The minimum Gasteiger partial charge on any atom is -0.397 e. The van der Waals surface area contributed by atoms with Crippen LogP contribution in [0.15, 0.2) is 48.7 Å². The maximum atomic E-state index is 12.4. The Balaban J connectivity index is 2.15. The number of carbonyl (C=O) groups excluding carboxylic acids is 2. The number of nitrogen functional groups attached to an aromatic ring is 1. The molecule has 0 spiro atoms. The highest BCUT2D eigenvalue weighted by molar-refractivity contribution is 6.04. The summed E-state index contributed by atoms with van der Waals surface area (Å²) in [6.07, 6.45) is 2.27. The summed E-state index contributed by atoms with van der Waals surface area (Å²) in [4.78, 5) is 28.7. The molecule has 0 saturated heterocycles. The standard InChI is InChI=1S/C17H18N2O2/c1-2-12(17(21)13-7-4-3-5-8-13)11-15(20)16-14(18)9-6-10-19-16/h3-10,12H,2,11,18H2,1H3. The van der Waals surface area contributed by atoms with E-state index >= 15 is 0 Å². The largest absolute Gasteiger partial charge is 0.397 e. The second-order valence-electron chi connectivity index (χ2n) is 4.90. The second kappa shape index (κ2) is 6.79. The Morgan fingerprint density at radius 3 is 2.48 bits per heavy atom. The fourth-order valence-corrected chi connectivity index (χ4v) is 2.23. The van der Waals surface area contributed by atoms with E-state index < -0.39 is 0 Å². The maximum absolute atomic E-state index is 12.4. The van der Waals surface area contributed by atoms with Crippen LogP contribution in [-0.2, 0) is 0 Å². The number of benzene rings is 1. The van der Waals surface area contributed by atoms with E-state index in [1.54, 1.807) is 24.3 Å². The van der Waals surface area contributed by atoms with Gasteiger partial charge in [-0.25, -0.2) is 0 Å². The van der Waals surface area contributed by atoms with E-state index in [0.717, 1.165) is 0 Å². The molecule has 1 aromatic heterocycles. The lowest BCUT2D eigenvalue weighted by Crippen LogP contribution is -2.19. The third kappa shape index (κ3) is 3.54. The minimum atomic E-state index is -0.346. The average Bonchev–Trinajstić information content (AvgIpc) is 2.53. The number of carbonyl (C=O) groups is 2. The van der Waals surface area contributed by atoms with Gasteiger partial charge in [0.25, 0.3) is 0 Å². The smallest absolute Gasteiger partial charge is 0.184 e. The molecule has 21 heavy (non-hydrogen) atoms. The summed E-state index contributed by atoms with van der Waals surface area (Å²) in [5, 5.41) is 0. The van der Waals surface area contributed by atoms with Crippen LogP contribution in [0, 0.1) is 5.92 Å². The summed E-state index contributed by atoms with van der Waals surface area (Å²) in [5.41, 5.74) is 6.99. The molecule has 1 unspecified atom stereocenters. The van der Waals surface area contributed by atoms with Crippen molar-refractivity contribution in [3.63, 3.8) is 0 Å². The number of aromatic nitrogens is 1. The van der Waals surface area contributed by atoms with Crippen molar-refractivity contribution in [1.29, 1.82) is 0 Å². The Hall–Kier alpha value is -2.49. The van der Waals surface area contributed by atoms with Crippen molar-refractivity contribution in [3.05, 3.63) is 59.9 Å². The second-order valence-corrected chi connectivity index (χ2v) is 4.90. The molecule has 4 nitrogen and oxygen atoms in total. The summed E-state index contributed by atoms with van der Waals surface area (Å²) in [5.74, 6) is -0.550. The molecule has 0 bridgehead atoms. The summed E-state index contributed by atoms with van der Waals surface area (Å²) in [6, 6.07) is 12.3. The first-order valence-corrected chi connectivity index (χ1v) is 6.96. The Morgan fingerprint density at radius 2 is 1.86 bits per heavy atom. The molecule has 0 amide bonds. The highest BCUT2D eigenvalue weighted by atomic mass is 16.1. The van der Waals surface area contributed by atoms with E-state index in [9.17, 15) is 9.59 Å². The zero-order valence-corrected chi connectivity index (χ0v) is 12.0. The van der Waals surface area contributed by atoms with Crippen molar-refractivity contribution in [2.24, 2.45) is 5.92 Å². The molecule has 1 heterocycles. The summed E-state index contributed by atoms with van der Waals surface area (Å²) in [6.45, 7) is 1.90. The Labute approximate surface area is 124 Å². The van der Waals surface area contributed by atoms with Gasteiger partial charge in [-0.2, -0.15) is 0 Å². The maximum Gasteiger partial charge on any atom is 0.184 e. The van der Waals surface area contributed by atoms with Crippen LogP contribution in [0.1, 0.15) is 40.6 Å². The third-order valence-corrected chi connectivity index (χ3v) is 3.46. The van der Waals surface area contributed by atoms with Crippen molar-refractivity contribution in [3.8, 4) is 0 Å². The third-order valence-electron chi connectivity index (χ3n) is 3.46. The Kier molecular flexibility index (Phi) is 4.82. The van der Waals surface area contributed by atoms with E-state index in [-0.39, 0.29) is 29.6 Å². The molecule has 0 aliphatic heterocycles. The highest BCUT2D eigenvalue weighted by Gasteiger charge is 2.23. The van der Waals surface area contributed by atoms with Gasteiger partial charge in [0.05, 0.1) is 5.69 Å². The van der Waals surface area contributed by atoms with E-state index in [1.165, 1.54) is 6.20 Å². The number of hydrogen-bond acceptors (Lipinski definition) is 4. The molecule has 0 saturated carbocycles. The lowest BCUT2D eigenvalue weighted by molar-refractivity contribution is 0.0847. The van der Waals surface area contributed by atoms with Crippen LogP contribution >= 0.6 is 0 Å². The lowest BCUT2D eigenvalue weighted by atomic mass is 9.90. The van der Waals surface area contributed by atoms with Crippen LogP contribution in [0.5, 0.6) is 0 Å². The molecule has 0 aliphatic carbocycles. The number of Topliss-reactive ketones (excluding diaryl/α,β-unsaturated/α-hetero) is 2. The van der Waals surface area contributed by atoms with Gasteiger partial charge < -0.3 is 5.73 Å². The van der Waals surface area contributed by atoms with Gasteiger partial charge in [0, 0.05) is 24.1 Å². The van der Waals surface area contributed by atoms with Crippen molar-refractivity contribution in [2.75, 3.05) is 5.73 Å². The van der Waals surface area contributed by atoms with Gasteiger partial charge in [0.15, 0.2) is 11.6 Å². The Morgan fingerprint density at radius 1 is 1.14 bits per heavy atom. The quantitative estimate of drug-likeness (QED) is 0.826. The monoisotopic (exact) mass is 282 g/mol. The molecule has 0 aliphatic rings. The van der Waals surface area contributed by atoms with Gasteiger partial charge >= 0.3 is 0 Å². The first-order chi connectivity index (χ1) is 10.1. The molecule has 2 rings (SSSR count). The average molecular weight is 282 g/mol. The molecule has 1 atom stereocenters. The first-order valence-electron chi connectivity index (χ1n) is 6.96. The summed E-state index contributed by atoms with van der Waals surface area (Å²) in [7, 11) is 0. The van der Waals surface area contributed by atoms with Gasteiger partial charge in [0.2, 0.25) is 0 Å². The highest BCUT2D eigenvalue weighted by Crippen LogP contribution is 2.20. The van der Waals surface area contributed by atoms with Crippen LogP contribution in [0.3, 0.4) is 0 Å². The minimum absolute atomic E-state index is 0.0130. The molecule has 0 radical (unpaired) electrons. The number of pyridine rings is 1. The van der Waals surface area contributed by atoms with Crippen LogP contribution in [-0.4, -0.2) is 16.6 Å². The van der Waals surface area contributed by atoms with Gasteiger partial charge in [-0.15, -0.1) is 0 Å². The summed E-state index contributed by atoms with van der Waals surface area (Å²) < 4.78 is 0. The van der Waals surface area contributed by atoms with Crippen molar-refractivity contribution < 1.29 is 9.59 Å². The van der Waals surface area contributed by atoms with E-state index in [1.807, 2.05) is 25.1 Å². The lowest BCUT2D eigenvalue weighted by Gasteiger charge is -2.13. The van der Waals surface area contributed by atoms with Gasteiger partial charge in [0.1, 0.15) is 5.69 Å². The van der Waals surface area contributed by atoms with Crippen LogP contribution in [0.2, 0.25) is 0 Å². The number of hydrogen-bond donors (Lipinski definition) is 1. The van der Waals surface area contributed by atoms with Gasteiger partial charge in [-0.1, -0.05) is 37.3 Å². The SMILES string of the molecule is CCC(CC(=O)c1ncccc1N)C(=O)c1ccccc1. The normalized spacial score (nSPS) is 11.9. The van der Waals surface area contributed by atoms with Crippen molar-refractivity contribution in [2.45, 2.75) is 19.8 Å². The zero-order chi connectivity index (χ0) is 15.2. The van der Waals surface area contributed by atoms with Crippen LogP contribution in [0.4, 0.5) is 5.69 Å². The molecule has 2 N–H and O–H groups in total.